The van der Waals surface area contributed by atoms with Crippen molar-refractivity contribution in [3.05, 3.63) is 71.5 Å². The second kappa shape index (κ2) is 14.7. The van der Waals surface area contributed by atoms with Crippen LogP contribution in [0.4, 0.5) is 16.2 Å². The molecule has 1 atom stereocenters. The van der Waals surface area contributed by atoms with Crippen molar-refractivity contribution in [3.63, 3.8) is 0 Å². The zero-order chi connectivity index (χ0) is 32.5. The van der Waals surface area contributed by atoms with Crippen LogP contribution in [0.25, 0.3) is 0 Å². The summed E-state index contributed by atoms with van der Waals surface area (Å²) in [6, 6.07) is 3.10. The van der Waals surface area contributed by atoms with Crippen LogP contribution in [-0.2, 0) is 28.4 Å². The first-order valence-corrected chi connectivity index (χ1v) is 13.2. The summed E-state index contributed by atoms with van der Waals surface area (Å²) in [5.74, 6) is -0.809. The molecule has 15 nitrogen and oxygen atoms in total. The van der Waals surface area contributed by atoms with Gasteiger partial charge in [-0.3, -0.25) is 10.1 Å². The molecule has 0 radical (unpaired) electrons. The number of carbonyl (C=O) groups is 3. The maximum atomic E-state index is 12.7. The van der Waals surface area contributed by atoms with E-state index >= 15 is 0 Å². The summed E-state index contributed by atoms with van der Waals surface area (Å²) in [4.78, 5) is 38.3. The van der Waals surface area contributed by atoms with Crippen molar-refractivity contribution in [2.45, 2.75) is 32.6 Å². The molecular weight excluding hydrogens is 558 g/mol. The smallest absolute Gasteiger partial charge is 0.412 e. The normalized spacial score (nSPS) is 13.2. The summed E-state index contributed by atoms with van der Waals surface area (Å²) in [6.07, 6.45) is 6.16. The number of rotatable bonds is 12. The number of aliphatic hydroxyl groups is 1. The Hall–Kier alpha value is -5.05. The number of aromatic nitrogens is 2. The lowest BCUT2D eigenvalue weighted by atomic mass is 10.2. The van der Waals surface area contributed by atoms with E-state index in [1.54, 1.807) is 93.7 Å². The Morgan fingerprint density at radius 2 is 1.72 bits per heavy atom. The zero-order valence-electron chi connectivity index (χ0n) is 25.8. The van der Waals surface area contributed by atoms with Gasteiger partial charge >= 0.3 is 12.1 Å². The summed E-state index contributed by atoms with van der Waals surface area (Å²) in [6.45, 7) is 5.62. The molecule has 0 saturated carbocycles. The third kappa shape index (κ3) is 10.7. The van der Waals surface area contributed by atoms with E-state index < -0.39 is 29.8 Å². The lowest BCUT2D eigenvalue weighted by Crippen LogP contribution is -2.29. The molecule has 2 rings (SSSR count). The topological polar surface area (TPSA) is 203 Å². The monoisotopic (exact) mass is 601 g/mol. The zero-order valence-corrected chi connectivity index (χ0v) is 25.8. The number of hydrogen-bond donors (Lipinski definition) is 7. The van der Waals surface area contributed by atoms with Gasteiger partial charge in [-0.25, -0.2) is 9.59 Å². The van der Waals surface area contributed by atoms with E-state index in [0.29, 0.717) is 29.3 Å². The van der Waals surface area contributed by atoms with E-state index in [-0.39, 0.29) is 17.2 Å². The summed E-state index contributed by atoms with van der Waals surface area (Å²) >= 11 is 0. The summed E-state index contributed by atoms with van der Waals surface area (Å²) in [7, 11) is 7.99. The fraction of sp³-hybridized carbons (Fsp3) is 0.393. The minimum Gasteiger partial charge on any atom is -0.464 e. The molecule has 0 aliphatic carbocycles. The molecule has 2 aromatic heterocycles. The number of aryl methyl sites for hydroxylation is 2. The van der Waals surface area contributed by atoms with Crippen LogP contribution >= 0.6 is 0 Å². The number of esters is 1. The van der Waals surface area contributed by atoms with Gasteiger partial charge in [-0.1, -0.05) is 0 Å². The quantitative estimate of drug-likeness (QED) is 0.0801. The number of ether oxygens (including phenoxy) is 2. The van der Waals surface area contributed by atoms with E-state index in [4.69, 9.17) is 20.9 Å². The Balaban J connectivity index is 1.98. The van der Waals surface area contributed by atoms with Crippen LogP contribution in [0.2, 0.25) is 0 Å². The molecule has 2 heterocycles. The number of allylic oxidation sites excluding steroid dienone is 1. The molecule has 0 spiro atoms. The van der Waals surface area contributed by atoms with Crippen molar-refractivity contribution in [2.75, 3.05) is 38.4 Å². The summed E-state index contributed by atoms with van der Waals surface area (Å²) < 4.78 is 13.2. The number of methoxy groups -OCH3 is 1. The first-order chi connectivity index (χ1) is 20.0. The van der Waals surface area contributed by atoms with Crippen LogP contribution in [0.5, 0.6) is 0 Å². The van der Waals surface area contributed by atoms with Gasteiger partial charge in [0.05, 0.1) is 24.2 Å². The van der Waals surface area contributed by atoms with Crippen LogP contribution in [-0.4, -0.2) is 70.5 Å². The SMILES string of the molecule is CN/C(=C\C(N)=CCN(C)/C=C(\N)NC(O)c1cc(NC(=O)OC(C)(C)C)cn1C)C(=O)Nc1cc(C(=O)OC)n(C)c1. The summed E-state index contributed by atoms with van der Waals surface area (Å²) in [5, 5.41) is 21.6. The average Bonchev–Trinajstić information content (AvgIpc) is 3.44. The molecule has 0 aliphatic rings. The van der Waals surface area contributed by atoms with Crippen molar-refractivity contribution in [3.8, 4) is 0 Å². The largest absolute Gasteiger partial charge is 0.464 e. The molecular formula is C28H43N9O6. The van der Waals surface area contributed by atoms with Crippen LogP contribution in [0, 0.1) is 0 Å². The molecule has 2 aromatic rings. The van der Waals surface area contributed by atoms with Crippen molar-refractivity contribution in [2.24, 2.45) is 25.6 Å². The third-order valence-corrected chi connectivity index (χ3v) is 5.73. The van der Waals surface area contributed by atoms with E-state index in [2.05, 4.69) is 21.3 Å². The van der Waals surface area contributed by atoms with Gasteiger partial charge in [0.1, 0.15) is 22.8 Å². The highest BCUT2D eigenvalue weighted by atomic mass is 16.6. The first kappa shape index (κ1) is 34.2. The Bertz CT molecular complexity index is 1400. The number of hydrogen-bond acceptors (Lipinski definition) is 11. The standard InChI is InChI=1S/C28H43N9O6/c1-28(2,3)43-27(41)33-19-12-21(36(6)15-19)25(39)34-23(30)16-35(5)10-9-17(29)11-20(31-4)24(38)32-18-13-22(26(40)42-8)37(7)14-18/h9,11-16,25,31,34,39H,10,29-30H2,1-8H3,(H,32,38)(H,33,41)/b17-9?,20-11-,23-16+. The van der Waals surface area contributed by atoms with Crippen molar-refractivity contribution < 1.29 is 29.0 Å². The molecule has 0 bridgehead atoms. The maximum absolute atomic E-state index is 12.7. The number of anilines is 2. The van der Waals surface area contributed by atoms with Crippen molar-refractivity contribution >= 4 is 29.3 Å². The molecule has 2 amide bonds. The Morgan fingerprint density at radius 1 is 1.09 bits per heavy atom. The van der Waals surface area contributed by atoms with Gasteiger partial charge in [-0.2, -0.15) is 0 Å². The number of nitrogens with one attached hydrogen (secondary N) is 4. The fourth-order valence-corrected chi connectivity index (χ4v) is 3.77. The Morgan fingerprint density at radius 3 is 2.33 bits per heavy atom. The highest BCUT2D eigenvalue weighted by molar-refractivity contribution is 6.04. The van der Waals surface area contributed by atoms with Crippen LogP contribution < -0.4 is 32.7 Å². The van der Waals surface area contributed by atoms with Gasteiger partial charge in [-0.05, 0) is 45.1 Å². The number of carbonyl (C=O) groups excluding carboxylic acids is 3. The number of nitrogens with zero attached hydrogens (tertiary/aromatic N) is 3. The van der Waals surface area contributed by atoms with E-state index in [1.807, 2.05) is 0 Å². The molecule has 0 aliphatic heterocycles. The van der Waals surface area contributed by atoms with E-state index in [0.717, 1.165) is 0 Å². The van der Waals surface area contributed by atoms with Gasteiger partial charge in [0.15, 0.2) is 6.23 Å². The molecule has 9 N–H and O–H groups in total. The molecule has 0 fully saturated rings. The number of likely N-dealkylation sites (N-methyl/N-ethyl adjacent to an activating group) is 2. The first-order valence-electron chi connectivity index (χ1n) is 13.2. The second-order valence-corrected chi connectivity index (χ2v) is 10.6. The molecule has 15 heteroatoms. The lowest BCUT2D eigenvalue weighted by molar-refractivity contribution is -0.113. The molecule has 0 aromatic carbocycles. The molecule has 0 saturated heterocycles. The minimum absolute atomic E-state index is 0.171. The highest BCUT2D eigenvalue weighted by Crippen LogP contribution is 2.20. The fourth-order valence-electron chi connectivity index (χ4n) is 3.77. The number of aliphatic hydroxyl groups excluding tert-OH is 1. The van der Waals surface area contributed by atoms with Crippen molar-refractivity contribution in [1.82, 2.24) is 24.7 Å². The second-order valence-electron chi connectivity index (χ2n) is 10.6. The van der Waals surface area contributed by atoms with E-state index in [9.17, 15) is 19.5 Å². The molecule has 43 heavy (non-hydrogen) atoms. The van der Waals surface area contributed by atoms with Crippen molar-refractivity contribution in [1.29, 1.82) is 0 Å². The number of amides is 2. The van der Waals surface area contributed by atoms with Crippen LogP contribution in [0.3, 0.4) is 0 Å². The Labute approximate surface area is 251 Å². The predicted octanol–water partition coefficient (Wildman–Crippen LogP) is 1.35. The van der Waals surface area contributed by atoms with Gasteiger partial charge < -0.3 is 56.0 Å². The predicted molar refractivity (Wildman–Crippen MR) is 163 cm³/mol. The third-order valence-electron chi connectivity index (χ3n) is 5.73. The Kier molecular flexibility index (Phi) is 11.7. The minimum atomic E-state index is -1.17. The van der Waals surface area contributed by atoms with Gasteiger partial charge in [0.2, 0.25) is 0 Å². The number of nitrogens with two attached hydrogens (primary N) is 2. The maximum Gasteiger partial charge on any atom is 0.412 e. The lowest BCUT2D eigenvalue weighted by Gasteiger charge is -2.19. The van der Waals surface area contributed by atoms with E-state index in [1.165, 1.54) is 19.3 Å². The van der Waals surface area contributed by atoms with Crippen LogP contribution in [0.15, 0.2) is 60.1 Å². The summed E-state index contributed by atoms with van der Waals surface area (Å²) in [5.41, 5.74) is 13.7. The average molecular weight is 602 g/mol. The van der Waals surface area contributed by atoms with Gasteiger partial charge in [0, 0.05) is 59.0 Å². The van der Waals surface area contributed by atoms with Crippen LogP contribution in [0.1, 0.15) is 43.2 Å². The molecule has 236 valence electrons. The van der Waals surface area contributed by atoms with Gasteiger partial charge in [0.25, 0.3) is 5.91 Å². The van der Waals surface area contributed by atoms with Gasteiger partial charge in [-0.15, -0.1) is 0 Å². The highest BCUT2D eigenvalue weighted by Gasteiger charge is 2.19. The molecule has 1 unspecified atom stereocenters.